The number of carbonyl (C=O) groups is 2. The van der Waals surface area contributed by atoms with Crippen molar-refractivity contribution in [3.8, 4) is 0 Å². The van der Waals surface area contributed by atoms with Crippen LogP contribution in [0.5, 0.6) is 0 Å². The van der Waals surface area contributed by atoms with Gasteiger partial charge in [0.2, 0.25) is 0 Å². The number of rotatable bonds is 2. The van der Waals surface area contributed by atoms with Crippen molar-refractivity contribution in [2.24, 2.45) is 34.5 Å². The molecule has 158 valence electrons. The molecule has 0 aromatic carbocycles. The van der Waals surface area contributed by atoms with Gasteiger partial charge < -0.3 is 4.74 Å². The smallest absolute Gasteiger partial charge is 0.331 e. The Balaban J connectivity index is 1.39. The van der Waals surface area contributed by atoms with E-state index in [1.165, 1.54) is 50.5 Å². The van der Waals surface area contributed by atoms with E-state index in [0.29, 0.717) is 28.6 Å². The van der Waals surface area contributed by atoms with E-state index in [0.717, 1.165) is 24.2 Å². The van der Waals surface area contributed by atoms with Crippen molar-refractivity contribution < 1.29 is 14.3 Å². The highest BCUT2D eigenvalue weighted by atomic mass is 32.2. The summed E-state index contributed by atoms with van der Waals surface area (Å²) in [7, 11) is 0. The average Bonchev–Trinajstić information content (AvgIpc) is 3.24. The first-order chi connectivity index (χ1) is 13.8. The largest absolute Gasteiger partial charge is 0.458 e. The molecule has 5 aliphatic rings. The fourth-order valence-electron chi connectivity index (χ4n) is 8.16. The highest BCUT2D eigenvalue weighted by Gasteiger charge is 2.59. The minimum Gasteiger partial charge on any atom is -0.458 e. The second-order valence-electron chi connectivity index (χ2n) is 10.7. The molecule has 7 atom stereocenters. The molecule has 0 bridgehead atoms. The van der Waals surface area contributed by atoms with Crippen LogP contribution in [0.2, 0.25) is 0 Å². The van der Waals surface area contributed by atoms with Crippen molar-refractivity contribution in [3.05, 3.63) is 23.3 Å². The van der Waals surface area contributed by atoms with Gasteiger partial charge in [0.05, 0.1) is 0 Å². The Morgan fingerprint density at radius 1 is 1.14 bits per heavy atom. The summed E-state index contributed by atoms with van der Waals surface area (Å²) in [6.07, 6.45) is 14.2. The van der Waals surface area contributed by atoms with Crippen molar-refractivity contribution in [2.45, 2.75) is 77.4 Å². The van der Waals surface area contributed by atoms with Gasteiger partial charge in [0.15, 0.2) is 5.12 Å². The van der Waals surface area contributed by atoms with Gasteiger partial charge in [0.25, 0.3) is 0 Å². The molecule has 3 fully saturated rings. The molecule has 0 N–H and O–H groups in total. The van der Waals surface area contributed by atoms with Crippen LogP contribution in [0.4, 0.5) is 0 Å². The lowest BCUT2D eigenvalue weighted by Gasteiger charge is -2.58. The van der Waals surface area contributed by atoms with Crippen molar-refractivity contribution in [1.29, 1.82) is 0 Å². The molecule has 29 heavy (non-hydrogen) atoms. The van der Waals surface area contributed by atoms with E-state index in [-0.39, 0.29) is 11.1 Å². The minimum atomic E-state index is -0.140. The third-order valence-corrected chi connectivity index (χ3v) is 10.6. The lowest BCUT2D eigenvalue weighted by molar-refractivity contribution is -0.135. The lowest BCUT2D eigenvalue weighted by atomic mass is 9.47. The number of esters is 1. The van der Waals surface area contributed by atoms with Gasteiger partial charge in [-0.2, -0.15) is 0 Å². The molecule has 5 rings (SSSR count). The molecule has 3 nitrogen and oxygen atoms in total. The number of thioether (sulfide) groups is 1. The highest BCUT2D eigenvalue weighted by Crippen LogP contribution is 2.67. The minimum absolute atomic E-state index is 0.140. The Hall–Kier alpha value is -1.03. The van der Waals surface area contributed by atoms with E-state index in [9.17, 15) is 9.59 Å². The molecule has 0 spiro atoms. The third-order valence-electron chi connectivity index (χ3n) is 9.52. The Bertz CT molecular complexity index is 798. The Morgan fingerprint density at radius 3 is 2.69 bits per heavy atom. The van der Waals surface area contributed by atoms with Crippen LogP contribution in [-0.4, -0.2) is 22.9 Å². The Labute approximate surface area is 179 Å². The van der Waals surface area contributed by atoms with E-state index in [4.69, 9.17) is 4.74 Å². The van der Waals surface area contributed by atoms with Crippen LogP contribution < -0.4 is 0 Å². The first-order valence-corrected chi connectivity index (χ1v) is 12.4. The van der Waals surface area contributed by atoms with E-state index >= 15 is 0 Å². The van der Waals surface area contributed by atoms with E-state index in [1.807, 2.05) is 0 Å². The van der Waals surface area contributed by atoms with Gasteiger partial charge in [-0.15, -0.1) is 0 Å². The maximum atomic E-state index is 11.7. The van der Waals surface area contributed by atoms with Crippen molar-refractivity contribution in [2.75, 3.05) is 6.61 Å². The quantitative estimate of drug-likeness (QED) is 0.430. The first-order valence-electron chi connectivity index (χ1n) is 11.6. The average molecular weight is 415 g/mol. The molecular formula is C25H34O3S. The number of hydrogen-bond donors (Lipinski definition) is 0. The molecule has 4 heteroatoms. The Morgan fingerprint density at radius 2 is 1.97 bits per heavy atom. The predicted molar refractivity (Wildman–Crippen MR) is 116 cm³/mol. The van der Waals surface area contributed by atoms with Gasteiger partial charge in [-0.05, 0) is 91.4 Å². The molecule has 0 aromatic heterocycles. The van der Waals surface area contributed by atoms with Crippen LogP contribution in [0.1, 0.15) is 72.1 Å². The standard InChI is InChI=1S/C25H34O3S/c1-15(26)29-18-8-10-24(2)17(13-18)4-5-19-21-7-6-20(16-12-23(27)28-14-16)25(21,3)11-9-22(19)24/h4,12,18-22H,5-11,13-14H2,1-3H3/t18-,19-,20+,21-,22-,24-,25+/m0/s1. The van der Waals surface area contributed by atoms with Crippen LogP contribution >= 0.6 is 11.8 Å². The van der Waals surface area contributed by atoms with Crippen molar-refractivity contribution >= 4 is 22.8 Å². The molecule has 0 unspecified atom stereocenters. The van der Waals surface area contributed by atoms with E-state index in [2.05, 4.69) is 19.9 Å². The van der Waals surface area contributed by atoms with Crippen LogP contribution in [0.25, 0.3) is 0 Å². The summed E-state index contributed by atoms with van der Waals surface area (Å²) in [6.45, 7) is 7.28. The molecule has 1 aliphatic heterocycles. The van der Waals surface area contributed by atoms with E-state index < -0.39 is 0 Å². The molecule has 0 saturated heterocycles. The van der Waals surface area contributed by atoms with E-state index in [1.54, 1.807) is 30.3 Å². The van der Waals surface area contributed by atoms with Crippen LogP contribution in [-0.2, 0) is 14.3 Å². The number of allylic oxidation sites excluding steroid dienone is 2. The second kappa shape index (κ2) is 7.00. The van der Waals surface area contributed by atoms with Gasteiger partial charge in [0.1, 0.15) is 6.61 Å². The zero-order valence-corrected chi connectivity index (χ0v) is 18.9. The Kier molecular flexibility index (Phi) is 4.81. The van der Waals surface area contributed by atoms with Crippen LogP contribution in [0.3, 0.4) is 0 Å². The van der Waals surface area contributed by atoms with Crippen molar-refractivity contribution in [3.63, 3.8) is 0 Å². The maximum Gasteiger partial charge on any atom is 0.331 e. The van der Waals surface area contributed by atoms with Crippen LogP contribution in [0, 0.1) is 34.5 Å². The molecule has 4 aliphatic carbocycles. The normalized spacial score (nSPS) is 46.2. The topological polar surface area (TPSA) is 43.4 Å². The predicted octanol–water partition coefficient (Wildman–Crippen LogP) is 5.70. The third kappa shape index (κ3) is 3.07. The molecule has 0 aromatic rings. The fourth-order valence-corrected chi connectivity index (χ4v) is 9.13. The number of cyclic esters (lactones) is 1. The summed E-state index contributed by atoms with van der Waals surface area (Å²) in [5, 5.41) is 0.752. The van der Waals surface area contributed by atoms with Gasteiger partial charge in [0, 0.05) is 18.2 Å². The van der Waals surface area contributed by atoms with Crippen LogP contribution in [0.15, 0.2) is 23.3 Å². The number of carbonyl (C=O) groups excluding carboxylic acids is 2. The van der Waals surface area contributed by atoms with Crippen molar-refractivity contribution in [1.82, 2.24) is 0 Å². The lowest BCUT2D eigenvalue weighted by Crippen LogP contribution is -2.50. The molecule has 3 saturated carbocycles. The number of hydrogen-bond acceptors (Lipinski definition) is 4. The number of fused-ring (bicyclic) bond motifs is 5. The summed E-state index contributed by atoms with van der Waals surface area (Å²) < 4.78 is 5.27. The van der Waals surface area contributed by atoms with Gasteiger partial charge in [-0.3, -0.25) is 4.79 Å². The molecule has 0 radical (unpaired) electrons. The summed E-state index contributed by atoms with van der Waals surface area (Å²) in [6, 6.07) is 0. The monoisotopic (exact) mass is 414 g/mol. The highest BCUT2D eigenvalue weighted by molar-refractivity contribution is 8.14. The summed E-state index contributed by atoms with van der Waals surface area (Å²) in [5.74, 6) is 2.72. The molecule has 0 amide bonds. The first kappa shape index (κ1) is 19.9. The fraction of sp³-hybridized carbons (Fsp3) is 0.760. The number of ether oxygens (including phenoxy) is 1. The van der Waals surface area contributed by atoms with Gasteiger partial charge in [-0.1, -0.05) is 37.3 Å². The zero-order chi connectivity index (χ0) is 20.4. The van der Waals surface area contributed by atoms with Gasteiger partial charge in [-0.25, -0.2) is 4.79 Å². The zero-order valence-electron chi connectivity index (χ0n) is 18.0. The summed E-state index contributed by atoms with van der Waals surface area (Å²) >= 11 is 1.56. The maximum absolute atomic E-state index is 11.7. The van der Waals surface area contributed by atoms with Gasteiger partial charge >= 0.3 is 5.97 Å². The summed E-state index contributed by atoms with van der Waals surface area (Å²) in [4.78, 5) is 23.3. The molecule has 1 heterocycles. The SMILES string of the molecule is CC(=O)S[C@H]1CC[C@@]2(C)C(=CC[C@H]3[C@@H]4CC[C@H](C5=CC(=O)OC5)[C@@]4(C)CC[C@@H]32)C1. The second-order valence-corrected chi connectivity index (χ2v) is 12.2. The molecular weight excluding hydrogens is 380 g/mol. The summed E-state index contributed by atoms with van der Waals surface area (Å²) in [5.41, 5.74) is 3.57.